The molecule has 0 radical (unpaired) electrons. The number of thiazole rings is 1. The third-order valence-electron chi connectivity index (χ3n) is 3.60. The van der Waals surface area contributed by atoms with Gasteiger partial charge in [0.2, 0.25) is 5.91 Å². The SMILES string of the molecule is Cc1csc(NC(=O)CCn2cnc3sc(C)c(C)c3c2=O)n1. The molecule has 3 aromatic rings. The highest BCUT2D eigenvalue weighted by Gasteiger charge is 2.13. The number of hydrogen-bond acceptors (Lipinski definition) is 6. The summed E-state index contributed by atoms with van der Waals surface area (Å²) < 4.78 is 1.49. The van der Waals surface area contributed by atoms with Crippen molar-refractivity contribution in [3.63, 3.8) is 0 Å². The van der Waals surface area contributed by atoms with Crippen molar-refractivity contribution in [2.24, 2.45) is 0 Å². The standard InChI is InChI=1S/C15H16N4O2S2/c1-8-6-22-15(17-8)18-11(20)4-5-19-7-16-13-12(14(19)21)9(2)10(3)23-13/h6-7H,4-5H2,1-3H3,(H,17,18,20). The Morgan fingerprint density at radius 2 is 2.13 bits per heavy atom. The number of amides is 1. The maximum absolute atomic E-state index is 12.5. The van der Waals surface area contributed by atoms with Gasteiger partial charge in [-0.2, -0.15) is 0 Å². The lowest BCUT2D eigenvalue weighted by molar-refractivity contribution is -0.116. The molecule has 0 unspecified atom stereocenters. The topological polar surface area (TPSA) is 76.9 Å². The zero-order valence-electron chi connectivity index (χ0n) is 13.0. The van der Waals surface area contributed by atoms with Crippen molar-refractivity contribution < 1.29 is 4.79 Å². The van der Waals surface area contributed by atoms with Crippen LogP contribution in [0.3, 0.4) is 0 Å². The highest BCUT2D eigenvalue weighted by Crippen LogP contribution is 2.25. The molecule has 1 amide bonds. The molecule has 0 saturated carbocycles. The van der Waals surface area contributed by atoms with Crippen molar-refractivity contribution in [2.45, 2.75) is 33.7 Å². The van der Waals surface area contributed by atoms with Crippen LogP contribution in [0.4, 0.5) is 5.13 Å². The number of nitrogens with zero attached hydrogens (tertiary/aromatic N) is 3. The molecule has 8 heteroatoms. The van der Waals surface area contributed by atoms with Crippen LogP contribution in [0.5, 0.6) is 0 Å². The third kappa shape index (κ3) is 3.18. The third-order valence-corrected chi connectivity index (χ3v) is 5.59. The number of nitrogens with one attached hydrogen (secondary N) is 1. The number of fused-ring (bicyclic) bond motifs is 1. The molecular formula is C15H16N4O2S2. The van der Waals surface area contributed by atoms with E-state index >= 15 is 0 Å². The molecule has 0 atom stereocenters. The predicted octanol–water partition coefficient (Wildman–Crippen LogP) is 2.87. The van der Waals surface area contributed by atoms with E-state index in [9.17, 15) is 9.59 Å². The van der Waals surface area contributed by atoms with Crippen LogP contribution in [0.2, 0.25) is 0 Å². The Morgan fingerprint density at radius 3 is 2.83 bits per heavy atom. The number of thiophene rings is 1. The van der Waals surface area contributed by atoms with E-state index in [0.717, 1.165) is 21.0 Å². The fraction of sp³-hybridized carbons (Fsp3) is 0.333. The monoisotopic (exact) mass is 348 g/mol. The van der Waals surface area contributed by atoms with Crippen molar-refractivity contribution >= 4 is 43.9 Å². The van der Waals surface area contributed by atoms with Crippen LogP contribution in [-0.2, 0) is 11.3 Å². The van der Waals surface area contributed by atoms with E-state index in [4.69, 9.17) is 0 Å². The van der Waals surface area contributed by atoms with Gasteiger partial charge in [-0.25, -0.2) is 9.97 Å². The molecule has 0 aromatic carbocycles. The second-order valence-corrected chi connectivity index (χ2v) is 7.36. The quantitative estimate of drug-likeness (QED) is 0.786. The predicted molar refractivity (Wildman–Crippen MR) is 93.5 cm³/mol. The number of carbonyl (C=O) groups is 1. The van der Waals surface area contributed by atoms with Gasteiger partial charge in [0.25, 0.3) is 5.56 Å². The van der Waals surface area contributed by atoms with Gasteiger partial charge >= 0.3 is 0 Å². The molecule has 3 aromatic heterocycles. The molecular weight excluding hydrogens is 332 g/mol. The van der Waals surface area contributed by atoms with Crippen LogP contribution < -0.4 is 10.9 Å². The molecule has 0 aliphatic heterocycles. The first-order valence-corrected chi connectivity index (χ1v) is 8.82. The van der Waals surface area contributed by atoms with E-state index < -0.39 is 0 Å². The number of aryl methyl sites for hydroxylation is 4. The molecule has 23 heavy (non-hydrogen) atoms. The van der Waals surface area contributed by atoms with E-state index in [1.54, 1.807) is 0 Å². The Labute approximate surface area is 140 Å². The number of aromatic nitrogens is 3. The number of carbonyl (C=O) groups excluding carboxylic acids is 1. The first-order chi connectivity index (χ1) is 11.0. The van der Waals surface area contributed by atoms with Crippen LogP contribution in [0.1, 0.15) is 22.6 Å². The lowest BCUT2D eigenvalue weighted by Gasteiger charge is -2.05. The average Bonchev–Trinajstić information content (AvgIpc) is 3.03. The van der Waals surface area contributed by atoms with Crippen molar-refractivity contribution in [2.75, 3.05) is 5.32 Å². The first-order valence-electron chi connectivity index (χ1n) is 7.13. The minimum absolute atomic E-state index is 0.0882. The van der Waals surface area contributed by atoms with Gasteiger partial charge in [0.15, 0.2) is 5.13 Å². The number of rotatable bonds is 4. The largest absolute Gasteiger partial charge is 0.302 e. The normalized spacial score (nSPS) is 11.1. The molecule has 120 valence electrons. The molecule has 3 rings (SSSR count). The van der Waals surface area contributed by atoms with E-state index in [1.807, 2.05) is 26.2 Å². The molecule has 0 saturated heterocycles. The Hall–Kier alpha value is -2.06. The highest BCUT2D eigenvalue weighted by molar-refractivity contribution is 7.18. The summed E-state index contributed by atoms with van der Waals surface area (Å²) in [4.78, 5) is 34.9. The van der Waals surface area contributed by atoms with E-state index in [-0.39, 0.29) is 17.9 Å². The van der Waals surface area contributed by atoms with Gasteiger partial charge < -0.3 is 5.32 Å². The Kier molecular flexibility index (Phi) is 4.27. The summed E-state index contributed by atoms with van der Waals surface area (Å²) >= 11 is 2.91. The molecule has 0 spiro atoms. The maximum Gasteiger partial charge on any atom is 0.262 e. The van der Waals surface area contributed by atoms with Gasteiger partial charge in [-0.05, 0) is 26.3 Å². The molecule has 0 bridgehead atoms. The summed E-state index contributed by atoms with van der Waals surface area (Å²) in [5.74, 6) is -0.162. The van der Waals surface area contributed by atoms with Crippen molar-refractivity contribution in [1.82, 2.24) is 14.5 Å². The summed E-state index contributed by atoms with van der Waals surface area (Å²) in [5, 5.41) is 5.85. The van der Waals surface area contributed by atoms with Crippen LogP contribution in [0.15, 0.2) is 16.5 Å². The van der Waals surface area contributed by atoms with Crippen LogP contribution >= 0.6 is 22.7 Å². The summed E-state index contributed by atoms with van der Waals surface area (Å²) in [6, 6.07) is 0. The smallest absolute Gasteiger partial charge is 0.262 e. The van der Waals surface area contributed by atoms with Gasteiger partial charge in [-0.3, -0.25) is 14.2 Å². The molecule has 3 heterocycles. The fourth-order valence-electron chi connectivity index (χ4n) is 2.24. The summed E-state index contributed by atoms with van der Waals surface area (Å²) in [6.07, 6.45) is 1.72. The van der Waals surface area contributed by atoms with Crippen LogP contribution in [0, 0.1) is 20.8 Å². The number of anilines is 1. The first kappa shape index (κ1) is 15.8. The maximum atomic E-state index is 12.5. The summed E-state index contributed by atoms with van der Waals surface area (Å²) in [6.45, 7) is 6.08. The van der Waals surface area contributed by atoms with E-state index in [1.165, 1.54) is 33.6 Å². The van der Waals surface area contributed by atoms with E-state index in [2.05, 4.69) is 15.3 Å². The molecule has 1 N–H and O–H groups in total. The zero-order valence-corrected chi connectivity index (χ0v) is 14.7. The van der Waals surface area contributed by atoms with Gasteiger partial charge in [-0.15, -0.1) is 22.7 Å². The molecule has 0 aliphatic rings. The fourth-order valence-corrected chi connectivity index (χ4v) is 3.94. The van der Waals surface area contributed by atoms with Crippen molar-refractivity contribution in [3.8, 4) is 0 Å². The second kappa shape index (κ2) is 6.21. The Morgan fingerprint density at radius 1 is 1.35 bits per heavy atom. The van der Waals surface area contributed by atoms with E-state index in [0.29, 0.717) is 17.1 Å². The summed E-state index contributed by atoms with van der Waals surface area (Å²) in [5.41, 5.74) is 1.76. The molecule has 0 fully saturated rings. The van der Waals surface area contributed by atoms with Crippen molar-refractivity contribution in [3.05, 3.63) is 38.2 Å². The average molecular weight is 348 g/mol. The number of hydrogen-bond donors (Lipinski definition) is 1. The van der Waals surface area contributed by atoms with Gasteiger partial charge in [-0.1, -0.05) is 0 Å². The lowest BCUT2D eigenvalue weighted by atomic mass is 10.2. The second-order valence-electron chi connectivity index (χ2n) is 5.30. The zero-order chi connectivity index (χ0) is 16.6. The Bertz CT molecular complexity index is 939. The van der Waals surface area contributed by atoms with Crippen LogP contribution in [-0.4, -0.2) is 20.4 Å². The summed E-state index contributed by atoms with van der Waals surface area (Å²) in [7, 11) is 0. The minimum atomic E-state index is -0.162. The molecule has 6 nitrogen and oxygen atoms in total. The van der Waals surface area contributed by atoms with Crippen LogP contribution in [0.25, 0.3) is 10.2 Å². The van der Waals surface area contributed by atoms with Crippen molar-refractivity contribution in [1.29, 1.82) is 0 Å². The lowest BCUT2D eigenvalue weighted by Crippen LogP contribution is -2.23. The molecule has 0 aliphatic carbocycles. The minimum Gasteiger partial charge on any atom is -0.302 e. The van der Waals surface area contributed by atoms with Gasteiger partial charge in [0.1, 0.15) is 4.83 Å². The van der Waals surface area contributed by atoms with Gasteiger partial charge in [0.05, 0.1) is 17.4 Å². The highest BCUT2D eigenvalue weighted by atomic mass is 32.1. The van der Waals surface area contributed by atoms with Gasteiger partial charge in [0, 0.05) is 23.2 Å². The Balaban J connectivity index is 1.74.